The van der Waals surface area contributed by atoms with E-state index in [1.807, 2.05) is 6.92 Å². The van der Waals surface area contributed by atoms with Crippen molar-refractivity contribution in [2.45, 2.75) is 53.1 Å². The van der Waals surface area contributed by atoms with Crippen LogP contribution in [-0.2, 0) is 14.8 Å². The molecule has 1 fully saturated rings. The molecule has 0 radical (unpaired) electrons. The Balaban J connectivity index is 2.50. The minimum Gasteiger partial charge on any atom is -0.377 e. The van der Waals surface area contributed by atoms with Gasteiger partial charge >= 0.3 is 0 Å². The summed E-state index contributed by atoms with van der Waals surface area (Å²) in [6.07, 6.45) is 4.34. The van der Waals surface area contributed by atoms with E-state index in [2.05, 4.69) is 36.1 Å². The Hall–Kier alpha value is -0.860. The molecule has 148 valence electrons. The van der Waals surface area contributed by atoms with E-state index in [9.17, 15) is 8.42 Å². The lowest BCUT2D eigenvalue weighted by Crippen LogP contribution is -2.43. The average Bonchev–Trinajstić information content (AvgIpc) is 2.50. The number of nitrogens with zero attached hydrogens (tertiary/aromatic N) is 1. The van der Waals surface area contributed by atoms with Crippen LogP contribution in [0.2, 0.25) is 0 Å². The van der Waals surface area contributed by atoms with Gasteiger partial charge in [-0.3, -0.25) is 4.99 Å². The number of rotatable bonds is 8. The Morgan fingerprint density at radius 3 is 2.56 bits per heavy atom. The van der Waals surface area contributed by atoms with Crippen LogP contribution in [0.1, 0.15) is 47.0 Å². The quantitative estimate of drug-likeness (QED) is 0.338. The lowest BCUT2D eigenvalue weighted by atomic mass is 9.78. The average molecular weight is 377 g/mol. The molecule has 0 aromatic rings. The van der Waals surface area contributed by atoms with Gasteiger partial charge in [0.1, 0.15) is 0 Å². The summed E-state index contributed by atoms with van der Waals surface area (Å²) in [5, 5.41) is 6.51. The van der Waals surface area contributed by atoms with Crippen molar-refractivity contribution in [3.05, 3.63) is 0 Å². The van der Waals surface area contributed by atoms with E-state index >= 15 is 0 Å². The van der Waals surface area contributed by atoms with Crippen molar-refractivity contribution < 1.29 is 13.2 Å². The molecule has 1 aliphatic rings. The zero-order valence-electron chi connectivity index (χ0n) is 16.4. The largest absolute Gasteiger partial charge is 0.377 e. The molecule has 2 unspecified atom stereocenters. The first-order chi connectivity index (χ1) is 11.6. The van der Waals surface area contributed by atoms with Crippen molar-refractivity contribution in [1.82, 2.24) is 15.4 Å². The second kappa shape index (κ2) is 10.3. The van der Waals surface area contributed by atoms with E-state index in [-0.39, 0.29) is 11.5 Å². The third-order valence-corrected chi connectivity index (χ3v) is 4.87. The first-order valence-corrected chi connectivity index (χ1v) is 11.1. The number of ether oxygens (including phenoxy) is 1. The van der Waals surface area contributed by atoms with E-state index < -0.39 is 10.0 Å². The minimum absolute atomic E-state index is 0.115. The van der Waals surface area contributed by atoms with Gasteiger partial charge in [0.05, 0.1) is 12.4 Å². The van der Waals surface area contributed by atoms with Crippen molar-refractivity contribution in [2.75, 3.05) is 39.0 Å². The third-order valence-electron chi connectivity index (χ3n) is 4.14. The zero-order chi connectivity index (χ0) is 18.9. The van der Waals surface area contributed by atoms with Crippen LogP contribution in [0.5, 0.6) is 0 Å². The van der Waals surface area contributed by atoms with Gasteiger partial charge in [0.15, 0.2) is 5.96 Å². The van der Waals surface area contributed by atoms with Gasteiger partial charge in [0.2, 0.25) is 10.0 Å². The molecule has 0 spiro atoms. The van der Waals surface area contributed by atoms with E-state index in [1.54, 1.807) is 0 Å². The van der Waals surface area contributed by atoms with Crippen LogP contribution in [0.25, 0.3) is 0 Å². The predicted octanol–water partition coefficient (Wildman–Crippen LogP) is 1.32. The van der Waals surface area contributed by atoms with Gasteiger partial charge < -0.3 is 15.4 Å². The molecule has 0 aromatic heterocycles. The smallest absolute Gasteiger partial charge is 0.208 e. The Morgan fingerprint density at radius 2 is 1.96 bits per heavy atom. The maximum atomic E-state index is 11.0. The first kappa shape index (κ1) is 22.2. The molecule has 0 aromatic carbocycles. The molecule has 2 atom stereocenters. The fourth-order valence-electron chi connectivity index (χ4n) is 3.09. The standard InChI is InChI=1S/C17H36N4O3S/c1-6-18-16(19-10-8-11-21-25(5,22)23)20-13-14-9-7-12-24-15(14)17(2,3)4/h14-15,21H,6-13H2,1-5H3,(H2,18,19,20). The second-order valence-corrected chi connectivity index (χ2v) is 9.56. The Morgan fingerprint density at radius 1 is 1.24 bits per heavy atom. The van der Waals surface area contributed by atoms with Crippen molar-refractivity contribution in [3.8, 4) is 0 Å². The number of hydrogen-bond donors (Lipinski definition) is 3. The molecule has 8 heteroatoms. The van der Waals surface area contributed by atoms with Crippen LogP contribution in [0.15, 0.2) is 4.99 Å². The summed E-state index contributed by atoms with van der Waals surface area (Å²) in [7, 11) is -3.12. The van der Waals surface area contributed by atoms with Crippen LogP contribution in [0.3, 0.4) is 0 Å². The number of aliphatic imine (C=N–C) groups is 1. The maximum Gasteiger partial charge on any atom is 0.208 e. The highest BCUT2D eigenvalue weighted by atomic mass is 32.2. The Bertz CT molecular complexity index is 514. The van der Waals surface area contributed by atoms with Crippen molar-refractivity contribution in [3.63, 3.8) is 0 Å². The number of guanidine groups is 1. The normalized spacial score (nSPS) is 22.7. The molecule has 3 N–H and O–H groups in total. The summed E-state index contributed by atoms with van der Waals surface area (Å²) in [5.41, 5.74) is 0.115. The summed E-state index contributed by atoms with van der Waals surface area (Å²) in [6, 6.07) is 0. The summed E-state index contributed by atoms with van der Waals surface area (Å²) >= 11 is 0. The van der Waals surface area contributed by atoms with Gasteiger partial charge in [0.25, 0.3) is 0 Å². The van der Waals surface area contributed by atoms with E-state index in [0.29, 0.717) is 25.4 Å². The highest BCUT2D eigenvalue weighted by molar-refractivity contribution is 7.88. The molecule has 7 nitrogen and oxygen atoms in total. The Kier molecular flexibility index (Phi) is 9.16. The van der Waals surface area contributed by atoms with Gasteiger partial charge in [-0.25, -0.2) is 13.1 Å². The number of hydrogen-bond acceptors (Lipinski definition) is 4. The molecular weight excluding hydrogens is 340 g/mol. The van der Waals surface area contributed by atoms with Gasteiger partial charge in [-0.1, -0.05) is 20.8 Å². The first-order valence-electron chi connectivity index (χ1n) is 9.22. The summed E-state index contributed by atoms with van der Waals surface area (Å²) in [5.74, 6) is 1.20. The summed E-state index contributed by atoms with van der Waals surface area (Å²) in [4.78, 5) is 4.72. The predicted molar refractivity (Wildman–Crippen MR) is 103 cm³/mol. The maximum absolute atomic E-state index is 11.0. The highest BCUT2D eigenvalue weighted by Gasteiger charge is 2.35. The molecule has 1 rings (SSSR count). The second-order valence-electron chi connectivity index (χ2n) is 7.73. The van der Waals surface area contributed by atoms with Crippen LogP contribution < -0.4 is 15.4 Å². The fourth-order valence-corrected chi connectivity index (χ4v) is 3.61. The lowest BCUT2D eigenvalue weighted by molar-refractivity contribution is -0.0823. The van der Waals surface area contributed by atoms with Crippen LogP contribution in [0, 0.1) is 11.3 Å². The molecule has 1 aliphatic heterocycles. The van der Waals surface area contributed by atoms with Crippen molar-refractivity contribution in [2.24, 2.45) is 16.3 Å². The minimum atomic E-state index is -3.12. The molecule has 0 saturated carbocycles. The zero-order valence-corrected chi connectivity index (χ0v) is 17.2. The number of nitrogens with one attached hydrogen (secondary N) is 3. The summed E-state index contributed by atoms with van der Waals surface area (Å²) in [6.45, 7) is 12.1. The fraction of sp³-hybridized carbons (Fsp3) is 0.941. The van der Waals surface area contributed by atoms with Crippen molar-refractivity contribution >= 4 is 16.0 Å². The SMILES string of the molecule is CCNC(=NCC1CCCOC1C(C)(C)C)NCCCNS(C)(=O)=O. The molecule has 1 saturated heterocycles. The monoisotopic (exact) mass is 376 g/mol. The molecular formula is C17H36N4O3S. The Labute approximate surface area is 153 Å². The molecule has 0 amide bonds. The highest BCUT2D eigenvalue weighted by Crippen LogP contribution is 2.34. The van der Waals surface area contributed by atoms with Crippen LogP contribution in [-0.4, -0.2) is 59.5 Å². The van der Waals surface area contributed by atoms with Gasteiger partial charge in [-0.15, -0.1) is 0 Å². The van der Waals surface area contributed by atoms with Crippen LogP contribution in [0.4, 0.5) is 0 Å². The van der Waals surface area contributed by atoms with E-state index in [0.717, 1.165) is 38.5 Å². The lowest BCUT2D eigenvalue weighted by Gasteiger charge is -2.39. The molecule has 1 heterocycles. The molecule has 25 heavy (non-hydrogen) atoms. The molecule has 0 aliphatic carbocycles. The van der Waals surface area contributed by atoms with Gasteiger partial charge in [-0.05, 0) is 31.6 Å². The number of sulfonamides is 1. The van der Waals surface area contributed by atoms with E-state index in [1.165, 1.54) is 6.26 Å². The van der Waals surface area contributed by atoms with Crippen LogP contribution >= 0.6 is 0 Å². The van der Waals surface area contributed by atoms with Gasteiger partial charge in [-0.2, -0.15) is 0 Å². The van der Waals surface area contributed by atoms with Crippen molar-refractivity contribution in [1.29, 1.82) is 0 Å². The third kappa shape index (κ3) is 9.42. The molecule has 0 bridgehead atoms. The summed E-state index contributed by atoms with van der Waals surface area (Å²) < 4.78 is 30.6. The topological polar surface area (TPSA) is 91.8 Å². The van der Waals surface area contributed by atoms with E-state index in [4.69, 9.17) is 9.73 Å². The van der Waals surface area contributed by atoms with Gasteiger partial charge in [0, 0.05) is 38.7 Å².